The summed E-state index contributed by atoms with van der Waals surface area (Å²) in [5.41, 5.74) is 0. The van der Waals surface area contributed by atoms with Crippen LogP contribution in [0.15, 0.2) is 0 Å². The van der Waals surface area contributed by atoms with E-state index < -0.39 is 10.4 Å². The molecule has 0 aromatic carbocycles. The van der Waals surface area contributed by atoms with E-state index in [9.17, 15) is 10.2 Å². The number of aliphatic hydroxyl groups excluding tert-OH is 2. The van der Waals surface area contributed by atoms with Gasteiger partial charge in [0.15, 0.2) is 12.5 Å². The first-order valence-electron chi connectivity index (χ1n) is 23.9. The maximum absolute atomic E-state index is 10.3. The highest BCUT2D eigenvalue weighted by atomic mass is 32.3. The number of rotatable bonds is 38. The Morgan fingerprint density at radius 2 is 0.509 bits per heavy atom. The quantitative estimate of drug-likeness (QED) is 0.0211. The van der Waals surface area contributed by atoms with Crippen LogP contribution < -0.4 is 0 Å². The summed E-state index contributed by atoms with van der Waals surface area (Å²) in [6.07, 6.45) is 43.6. The fraction of sp³-hybridized carbons (Fsp3) is 1.00. The molecular formula is C46H100N2O6S. The molecule has 0 saturated carbocycles. The number of nitrogens with zero attached hydrogens (tertiary/aromatic N) is 2. The topological polar surface area (TPSA) is 121 Å². The zero-order valence-electron chi connectivity index (χ0n) is 38.4. The molecule has 0 bridgehead atoms. The summed E-state index contributed by atoms with van der Waals surface area (Å²) in [7, 11) is -0.814. The predicted octanol–water partition coefficient (Wildman–Crippen LogP) is 12.8. The molecule has 9 heteroatoms. The van der Waals surface area contributed by atoms with E-state index in [-0.39, 0.29) is 12.5 Å². The standard InChI is InChI=1S/2C23H50NO.H2O4S/c2*1-5-8-9-10-11-12-13-14-15-16-17-18-19-20-21-22-23(25)24(4,6-2)7-3;1-5(2,3)4/h2*23,25H,5-22H2,1-4H3;(H2,1,2,3,4)/q2*+1;/p-2. The van der Waals surface area contributed by atoms with Crippen molar-refractivity contribution in [3.05, 3.63) is 0 Å². The minimum absolute atomic E-state index is 0.169. The van der Waals surface area contributed by atoms with E-state index in [1.165, 1.54) is 193 Å². The van der Waals surface area contributed by atoms with E-state index in [4.69, 9.17) is 17.5 Å². The molecule has 0 aliphatic carbocycles. The second-order valence-corrected chi connectivity index (χ2v) is 17.9. The first-order valence-corrected chi connectivity index (χ1v) is 25.3. The van der Waals surface area contributed by atoms with Gasteiger partial charge in [0.2, 0.25) is 0 Å². The van der Waals surface area contributed by atoms with Gasteiger partial charge in [0, 0.05) is 23.2 Å². The molecule has 2 atom stereocenters. The average molecular weight is 809 g/mol. The van der Waals surface area contributed by atoms with Crippen molar-refractivity contribution in [2.45, 2.75) is 259 Å². The van der Waals surface area contributed by atoms with Gasteiger partial charge in [-0.05, 0) is 40.5 Å². The van der Waals surface area contributed by atoms with E-state index in [1.54, 1.807) is 0 Å². The number of unbranched alkanes of at least 4 members (excludes halogenated alkanes) is 28. The summed E-state index contributed by atoms with van der Waals surface area (Å²) in [5, 5.41) is 20.7. The van der Waals surface area contributed by atoms with Crippen molar-refractivity contribution in [2.75, 3.05) is 40.3 Å². The Morgan fingerprint density at radius 1 is 0.364 bits per heavy atom. The predicted molar refractivity (Wildman–Crippen MR) is 236 cm³/mol. The van der Waals surface area contributed by atoms with Crippen LogP contribution in [0, 0.1) is 0 Å². The van der Waals surface area contributed by atoms with Crippen LogP contribution in [0.2, 0.25) is 0 Å². The zero-order chi connectivity index (χ0) is 42.1. The number of hydrogen-bond acceptors (Lipinski definition) is 6. The van der Waals surface area contributed by atoms with Crippen molar-refractivity contribution in [3.8, 4) is 0 Å². The largest absolute Gasteiger partial charge is 0.759 e. The van der Waals surface area contributed by atoms with Crippen LogP contribution in [0.1, 0.15) is 247 Å². The lowest BCUT2D eigenvalue weighted by Gasteiger charge is -2.36. The van der Waals surface area contributed by atoms with Crippen molar-refractivity contribution in [1.82, 2.24) is 0 Å². The number of quaternary nitrogens is 2. The van der Waals surface area contributed by atoms with Gasteiger partial charge in [-0.2, -0.15) is 0 Å². The Morgan fingerprint density at radius 3 is 0.655 bits per heavy atom. The second kappa shape index (κ2) is 41.9. The second-order valence-electron chi connectivity index (χ2n) is 17.1. The molecule has 0 aromatic heterocycles. The van der Waals surface area contributed by atoms with Crippen molar-refractivity contribution in [2.24, 2.45) is 0 Å². The molecule has 0 spiro atoms. The van der Waals surface area contributed by atoms with Crippen LogP contribution in [-0.2, 0) is 10.4 Å². The first-order chi connectivity index (χ1) is 26.2. The van der Waals surface area contributed by atoms with Crippen molar-refractivity contribution >= 4 is 10.4 Å². The molecule has 0 fully saturated rings. The molecule has 0 saturated heterocycles. The minimum atomic E-state index is -5.17. The smallest absolute Gasteiger partial charge is 0.190 e. The Bertz CT molecular complexity index is 789. The van der Waals surface area contributed by atoms with Gasteiger partial charge < -0.3 is 28.3 Å². The van der Waals surface area contributed by atoms with Gasteiger partial charge in [-0.15, -0.1) is 0 Å². The molecule has 0 rings (SSSR count). The highest BCUT2D eigenvalue weighted by Gasteiger charge is 2.27. The molecule has 0 radical (unpaired) electrons. The van der Waals surface area contributed by atoms with E-state index in [0.29, 0.717) is 0 Å². The third-order valence-corrected chi connectivity index (χ3v) is 12.5. The van der Waals surface area contributed by atoms with E-state index in [0.717, 1.165) is 48.0 Å². The molecule has 8 nitrogen and oxygen atoms in total. The molecule has 2 unspecified atom stereocenters. The van der Waals surface area contributed by atoms with Crippen molar-refractivity contribution in [3.63, 3.8) is 0 Å². The summed E-state index contributed by atoms with van der Waals surface area (Å²) < 4.78 is 35.7. The summed E-state index contributed by atoms with van der Waals surface area (Å²) in [4.78, 5) is 0. The monoisotopic (exact) mass is 809 g/mol. The molecular weight excluding hydrogens is 709 g/mol. The van der Waals surface area contributed by atoms with Crippen LogP contribution in [0.25, 0.3) is 0 Å². The van der Waals surface area contributed by atoms with Crippen LogP contribution in [0.5, 0.6) is 0 Å². The van der Waals surface area contributed by atoms with Crippen LogP contribution in [-0.4, -0.2) is 89.4 Å². The summed E-state index contributed by atoms with van der Waals surface area (Å²) in [6.45, 7) is 17.4. The van der Waals surface area contributed by atoms with Crippen LogP contribution >= 0.6 is 0 Å². The Hall–Kier alpha value is -0.290. The Kier molecular flexibility index (Phi) is 44.9. The molecule has 0 aliphatic heterocycles. The number of aliphatic hydroxyl groups is 2. The van der Waals surface area contributed by atoms with Crippen LogP contribution in [0.4, 0.5) is 0 Å². The molecule has 0 heterocycles. The van der Waals surface area contributed by atoms with Gasteiger partial charge in [-0.1, -0.05) is 194 Å². The average Bonchev–Trinajstić information content (AvgIpc) is 3.16. The minimum Gasteiger partial charge on any atom is -0.759 e. The maximum atomic E-state index is 10.3. The van der Waals surface area contributed by atoms with Gasteiger partial charge in [0.05, 0.1) is 40.3 Å². The van der Waals surface area contributed by atoms with Gasteiger partial charge >= 0.3 is 0 Å². The number of hydrogen-bond donors (Lipinski definition) is 2. The van der Waals surface area contributed by atoms with Crippen molar-refractivity contribution in [1.29, 1.82) is 0 Å². The van der Waals surface area contributed by atoms with Gasteiger partial charge in [0.25, 0.3) is 0 Å². The third kappa shape index (κ3) is 43.1. The van der Waals surface area contributed by atoms with E-state index >= 15 is 0 Å². The van der Waals surface area contributed by atoms with Crippen LogP contribution in [0.3, 0.4) is 0 Å². The lowest BCUT2D eigenvalue weighted by molar-refractivity contribution is -0.951. The lowest BCUT2D eigenvalue weighted by Crippen LogP contribution is -2.51. The third-order valence-electron chi connectivity index (χ3n) is 12.5. The maximum Gasteiger partial charge on any atom is 0.190 e. The molecule has 0 aliphatic rings. The summed E-state index contributed by atoms with van der Waals surface area (Å²) in [6, 6.07) is 0. The molecule has 2 N–H and O–H groups in total. The summed E-state index contributed by atoms with van der Waals surface area (Å²) >= 11 is 0. The first kappa shape index (κ1) is 59.0. The Balaban J connectivity index is -0.000000874. The highest BCUT2D eigenvalue weighted by Crippen LogP contribution is 2.19. The lowest BCUT2D eigenvalue weighted by atomic mass is 10.0. The fourth-order valence-corrected chi connectivity index (χ4v) is 7.31. The van der Waals surface area contributed by atoms with Crippen molar-refractivity contribution < 1.29 is 36.7 Å². The SMILES string of the molecule is CCCCCCCCCCCCCCCCCC(O)[N+](C)(CC)CC.CCCCCCCCCCCCCCCCCC(O)[N+](C)(CC)CC.O=S(=O)([O-])[O-]. The molecule has 0 amide bonds. The molecule has 0 aromatic rings. The van der Waals surface area contributed by atoms with E-state index in [2.05, 4.69) is 55.6 Å². The Labute approximate surface area is 345 Å². The van der Waals surface area contributed by atoms with Gasteiger partial charge in [-0.3, -0.25) is 8.42 Å². The molecule has 336 valence electrons. The zero-order valence-corrected chi connectivity index (χ0v) is 39.3. The normalized spacial score (nSPS) is 13.2. The fourth-order valence-electron chi connectivity index (χ4n) is 7.31. The van der Waals surface area contributed by atoms with E-state index in [1.807, 2.05) is 0 Å². The summed E-state index contributed by atoms with van der Waals surface area (Å²) in [5.74, 6) is 0. The highest BCUT2D eigenvalue weighted by molar-refractivity contribution is 7.79. The van der Waals surface area contributed by atoms with Gasteiger partial charge in [0.1, 0.15) is 0 Å². The molecule has 55 heavy (non-hydrogen) atoms. The van der Waals surface area contributed by atoms with Gasteiger partial charge in [-0.25, -0.2) is 0 Å².